The molecule has 1 aromatic rings. The van der Waals surface area contributed by atoms with E-state index in [2.05, 4.69) is 5.32 Å². The van der Waals surface area contributed by atoms with Gasteiger partial charge in [0.15, 0.2) is 0 Å². The molecule has 94 valence electrons. The van der Waals surface area contributed by atoms with E-state index in [1.54, 1.807) is 25.1 Å². The normalized spacial score (nSPS) is 12.4. The molecule has 1 aromatic carbocycles. The van der Waals surface area contributed by atoms with Crippen LogP contribution in [0.4, 0.5) is 5.69 Å². The molecule has 17 heavy (non-hydrogen) atoms. The van der Waals surface area contributed by atoms with Gasteiger partial charge >= 0.3 is 5.97 Å². The quantitative estimate of drug-likeness (QED) is 0.851. The van der Waals surface area contributed by atoms with Crippen molar-refractivity contribution in [1.82, 2.24) is 0 Å². The minimum Gasteiger partial charge on any atom is -0.461 e. The van der Waals surface area contributed by atoms with Crippen LogP contribution in [0.25, 0.3) is 0 Å². The third kappa shape index (κ3) is 4.44. The highest BCUT2D eigenvalue weighted by Gasteiger charge is 2.15. The highest BCUT2D eigenvalue weighted by molar-refractivity contribution is 6.42. The number of carbonyl (C=O) groups is 1. The maximum Gasteiger partial charge on any atom is 0.328 e. The van der Waals surface area contributed by atoms with Crippen molar-refractivity contribution in [3.63, 3.8) is 0 Å². The van der Waals surface area contributed by atoms with Gasteiger partial charge in [0.25, 0.3) is 0 Å². The predicted octanol–water partition coefficient (Wildman–Crippen LogP) is 3.75. The highest BCUT2D eigenvalue weighted by atomic mass is 35.5. The van der Waals surface area contributed by atoms with E-state index in [0.29, 0.717) is 10.0 Å². The summed E-state index contributed by atoms with van der Waals surface area (Å²) in [7, 11) is 0. The van der Waals surface area contributed by atoms with Gasteiger partial charge in [-0.15, -0.1) is 0 Å². The van der Waals surface area contributed by atoms with E-state index in [9.17, 15) is 4.79 Å². The molecule has 1 atom stereocenters. The maximum absolute atomic E-state index is 11.6. The van der Waals surface area contributed by atoms with Crippen LogP contribution in [-0.2, 0) is 9.53 Å². The van der Waals surface area contributed by atoms with Crippen LogP contribution in [0.5, 0.6) is 0 Å². The van der Waals surface area contributed by atoms with Crippen LogP contribution >= 0.6 is 23.2 Å². The van der Waals surface area contributed by atoms with Crippen molar-refractivity contribution in [1.29, 1.82) is 0 Å². The molecule has 1 N–H and O–H groups in total. The van der Waals surface area contributed by atoms with E-state index in [1.807, 2.05) is 13.8 Å². The fourth-order valence-corrected chi connectivity index (χ4v) is 1.53. The molecule has 0 bridgehead atoms. The first-order valence-corrected chi connectivity index (χ1v) is 6.08. The Kier molecular flexibility index (Phi) is 5.09. The van der Waals surface area contributed by atoms with Crippen molar-refractivity contribution >= 4 is 34.9 Å². The van der Waals surface area contributed by atoms with Gasteiger partial charge in [-0.05, 0) is 39.0 Å². The summed E-state index contributed by atoms with van der Waals surface area (Å²) in [6.45, 7) is 5.35. The van der Waals surface area contributed by atoms with E-state index in [4.69, 9.17) is 27.9 Å². The second-order valence-electron chi connectivity index (χ2n) is 3.98. The molecule has 0 radical (unpaired) electrons. The van der Waals surface area contributed by atoms with Gasteiger partial charge in [0.1, 0.15) is 6.04 Å². The predicted molar refractivity (Wildman–Crippen MR) is 70.8 cm³/mol. The van der Waals surface area contributed by atoms with Gasteiger partial charge in [0, 0.05) is 5.69 Å². The largest absolute Gasteiger partial charge is 0.461 e. The van der Waals surface area contributed by atoms with E-state index in [-0.39, 0.29) is 12.1 Å². The van der Waals surface area contributed by atoms with Crippen molar-refractivity contribution in [2.24, 2.45) is 0 Å². The molecule has 0 saturated heterocycles. The molecule has 3 nitrogen and oxygen atoms in total. The second kappa shape index (κ2) is 6.12. The topological polar surface area (TPSA) is 38.3 Å². The molecule has 1 rings (SSSR count). The SMILES string of the molecule is CC(C)OC(=O)C(C)Nc1ccc(Cl)c(Cl)c1. The van der Waals surface area contributed by atoms with Crippen LogP contribution in [-0.4, -0.2) is 18.1 Å². The summed E-state index contributed by atoms with van der Waals surface area (Å²) in [6.07, 6.45) is -0.124. The highest BCUT2D eigenvalue weighted by Crippen LogP contribution is 2.25. The molecule has 0 saturated carbocycles. The molecule has 0 spiro atoms. The lowest BCUT2D eigenvalue weighted by atomic mass is 10.2. The summed E-state index contributed by atoms with van der Waals surface area (Å²) in [4.78, 5) is 11.6. The van der Waals surface area contributed by atoms with Gasteiger partial charge in [-0.25, -0.2) is 4.79 Å². The summed E-state index contributed by atoms with van der Waals surface area (Å²) in [5, 5.41) is 3.92. The maximum atomic E-state index is 11.6. The number of nitrogens with one attached hydrogen (secondary N) is 1. The fraction of sp³-hybridized carbons (Fsp3) is 0.417. The Labute approximate surface area is 111 Å². The first-order chi connectivity index (χ1) is 7.90. The van der Waals surface area contributed by atoms with Gasteiger partial charge in [-0.1, -0.05) is 23.2 Å². The van der Waals surface area contributed by atoms with Crippen LogP contribution in [0, 0.1) is 0 Å². The monoisotopic (exact) mass is 275 g/mol. The first kappa shape index (κ1) is 14.1. The number of halogens is 2. The third-order valence-electron chi connectivity index (χ3n) is 2.01. The second-order valence-corrected chi connectivity index (χ2v) is 4.79. The molecular weight excluding hydrogens is 261 g/mol. The van der Waals surface area contributed by atoms with E-state index < -0.39 is 6.04 Å². The zero-order chi connectivity index (χ0) is 13.0. The molecule has 0 amide bonds. The van der Waals surface area contributed by atoms with E-state index >= 15 is 0 Å². The van der Waals surface area contributed by atoms with E-state index in [1.165, 1.54) is 0 Å². The molecule has 0 aliphatic carbocycles. The molecule has 0 fully saturated rings. The molecular formula is C12H15Cl2NO2. The lowest BCUT2D eigenvalue weighted by Gasteiger charge is -2.16. The number of carbonyl (C=O) groups excluding carboxylic acids is 1. The number of rotatable bonds is 4. The van der Waals surface area contributed by atoms with Gasteiger partial charge < -0.3 is 10.1 Å². The van der Waals surface area contributed by atoms with Crippen LogP contribution in [0.1, 0.15) is 20.8 Å². The minimum atomic E-state index is -0.436. The van der Waals surface area contributed by atoms with Crippen molar-refractivity contribution in [3.8, 4) is 0 Å². The number of hydrogen-bond donors (Lipinski definition) is 1. The molecule has 0 aliphatic heterocycles. The average molecular weight is 276 g/mol. The van der Waals surface area contributed by atoms with Crippen molar-refractivity contribution in [3.05, 3.63) is 28.2 Å². The van der Waals surface area contributed by atoms with Crippen molar-refractivity contribution in [2.45, 2.75) is 32.9 Å². The molecule has 0 aromatic heterocycles. The Morgan fingerprint density at radius 1 is 1.24 bits per heavy atom. The molecule has 0 aliphatic rings. The molecule has 1 unspecified atom stereocenters. The minimum absolute atomic E-state index is 0.124. The van der Waals surface area contributed by atoms with Gasteiger partial charge in [-0.3, -0.25) is 0 Å². The summed E-state index contributed by atoms with van der Waals surface area (Å²) in [6, 6.07) is 4.66. The zero-order valence-corrected chi connectivity index (χ0v) is 11.5. The Bertz CT molecular complexity index is 407. The Hall–Kier alpha value is -0.930. The summed E-state index contributed by atoms with van der Waals surface area (Å²) >= 11 is 11.7. The van der Waals surface area contributed by atoms with Gasteiger partial charge in [-0.2, -0.15) is 0 Å². The summed E-state index contributed by atoms with van der Waals surface area (Å²) in [5.41, 5.74) is 0.729. The van der Waals surface area contributed by atoms with Crippen LogP contribution in [0.15, 0.2) is 18.2 Å². The van der Waals surface area contributed by atoms with Crippen LogP contribution in [0.3, 0.4) is 0 Å². The smallest absolute Gasteiger partial charge is 0.328 e. The van der Waals surface area contributed by atoms with Crippen molar-refractivity contribution < 1.29 is 9.53 Å². The van der Waals surface area contributed by atoms with Crippen molar-refractivity contribution in [2.75, 3.05) is 5.32 Å². The van der Waals surface area contributed by atoms with Gasteiger partial charge in [0.05, 0.1) is 16.1 Å². The summed E-state index contributed by atoms with van der Waals surface area (Å²) in [5.74, 6) is -0.300. The van der Waals surface area contributed by atoms with Crippen LogP contribution < -0.4 is 5.32 Å². The van der Waals surface area contributed by atoms with E-state index in [0.717, 1.165) is 5.69 Å². The lowest BCUT2D eigenvalue weighted by molar-refractivity contribution is -0.147. The van der Waals surface area contributed by atoms with Gasteiger partial charge in [0.2, 0.25) is 0 Å². The Morgan fingerprint density at radius 2 is 1.88 bits per heavy atom. The summed E-state index contributed by atoms with van der Waals surface area (Å²) < 4.78 is 5.08. The number of benzene rings is 1. The number of anilines is 1. The standard InChI is InChI=1S/C12H15Cl2NO2/c1-7(2)17-12(16)8(3)15-9-4-5-10(13)11(14)6-9/h4-8,15H,1-3H3. The first-order valence-electron chi connectivity index (χ1n) is 5.32. The number of esters is 1. The molecule has 0 heterocycles. The third-order valence-corrected chi connectivity index (χ3v) is 2.75. The fourth-order valence-electron chi connectivity index (χ4n) is 1.23. The zero-order valence-electron chi connectivity index (χ0n) is 9.96. The Balaban J connectivity index is 2.64. The van der Waals surface area contributed by atoms with Crippen LogP contribution in [0.2, 0.25) is 10.0 Å². The lowest BCUT2D eigenvalue weighted by Crippen LogP contribution is -2.30. The number of hydrogen-bond acceptors (Lipinski definition) is 3. The average Bonchev–Trinajstić information content (AvgIpc) is 2.22. The number of ether oxygens (including phenoxy) is 1. The molecule has 5 heteroatoms. The Morgan fingerprint density at radius 3 is 2.41 bits per heavy atom.